The molecule has 1 saturated heterocycles. The summed E-state index contributed by atoms with van der Waals surface area (Å²) in [7, 11) is 0. The zero-order valence-electron chi connectivity index (χ0n) is 15.8. The number of aromatic hydroxyl groups is 1. The number of phenols is 1. The third-order valence-electron chi connectivity index (χ3n) is 4.16. The third-order valence-corrected chi connectivity index (χ3v) is 6.22. The third kappa shape index (κ3) is 5.15. The molecule has 1 aromatic carbocycles. The Morgan fingerprint density at radius 1 is 1.26 bits per heavy atom. The number of benzene rings is 1. The highest BCUT2D eigenvalue weighted by molar-refractivity contribution is 9.11. The van der Waals surface area contributed by atoms with E-state index in [-0.39, 0.29) is 18.2 Å². The predicted molar refractivity (Wildman–Crippen MR) is 128 cm³/mol. The van der Waals surface area contributed by atoms with E-state index in [1.54, 1.807) is 61.3 Å². The van der Waals surface area contributed by atoms with Gasteiger partial charge in [0, 0.05) is 28.0 Å². The smallest absolute Gasteiger partial charge is 0.267 e. The summed E-state index contributed by atoms with van der Waals surface area (Å²) in [5, 5.41) is 19.1. The van der Waals surface area contributed by atoms with Gasteiger partial charge in [-0.1, -0.05) is 22.0 Å². The molecular formula is C21H14Br2N4O3S. The molecule has 2 aromatic heterocycles. The number of hydrogen-bond donors (Lipinski definition) is 1. The Bertz CT molecular complexity index is 1190. The number of aromatic nitrogens is 1. The fourth-order valence-corrected chi connectivity index (χ4v) is 4.90. The fraction of sp³-hybridized carbons (Fsp3) is 0.0476. The molecule has 1 fully saturated rings. The van der Waals surface area contributed by atoms with Gasteiger partial charge >= 0.3 is 0 Å². The molecule has 0 aliphatic carbocycles. The van der Waals surface area contributed by atoms with E-state index in [4.69, 9.17) is 4.42 Å². The van der Waals surface area contributed by atoms with Crippen molar-refractivity contribution >= 4 is 67.0 Å². The molecule has 0 radical (unpaired) electrons. The van der Waals surface area contributed by atoms with Crippen LogP contribution in [0, 0.1) is 0 Å². The van der Waals surface area contributed by atoms with Crippen molar-refractivity contribution in [2.45, 2.75) is 6.54 Å². The molecule has 10 heteroatoms. The zero-order chi connectivity index (χ0) is 21.8. The first-order valence-electron chi connectivity index (χ1n) is 8.94. The molecule has 1 N–H and O–H groups in total. The van der Waals surface area contributed by atoms with Gasteiger partial charge in [-0.15, -0.1) is 5.10 Å². The number of hydrogen-bond acceptors (Lipinski definition) is 7. The normalized spacial score (nSPS) is 16.8. The first-order valence-corrected chi connectivity index (χ1v) is 11.3. The van der Waals surface area contributed by atoms with Crippen molar-refractivity contribution in [3.63, 3.8) is 0 Å². The number of furan rings is 1. The molecule has 31 heavy (non-hydrogen) atoms. The molecule has 3 heterocycles. The van der Waals surface area contributed by atoms with E-state index < -0.39 is 0 Å². The van der Waals surface area contributed by atoms with E-state index >= 15 is 0 Å². The quantitative estimate of drug-likeness (QED) is 0.255. The van der Waals surface area contributed by atoms with Gasteiger partial charge in [-0.2, -0.15) is 5.10 Å². The Morgan fingerprint density at radius 2 is 2.13 bits per heavy atom. The molecule has 1 aliphatic heterocycles. The second kappa shape index (κ2) is 9.63. The second-order valence-corrected chi connectivity index (χ2v) is 9.10. The zero-order valence-corrected chi connectivity index (χ0v) is 19.8. The van der Waals surface area contributed by atoms with Crippen LogP contribution in [-0.4, -0.2) is 32.3 Å². The van der Waals surface area contributed by atoms with Crippen molar-refractivity contribution < 1.29 is 14.3 Å². The molecule has 0 unspecified atom stereocenters. The van der Waals surface area contributed by atoms with Gasteiger partial charge < -0.3 is 9.52 Å². The topological polar surface area (TPSA) is 91.3 Å². The van der Waals surface area contributed by atoms with Gasteiger partial charge in [-0.05, 0) is 64.1 Å². The molecule has 0 atom stereocenters. The van der Waals surface area contributed by atoms with E-state index in [9.17, 15) is 9.90 Å². The van der Waals surface area contributed by atoms with Gasteiger partial charge in [-0.3, -0.25) is 14.7 Å². The van der Waals surface area contributed by atoms with Crippen LogP contribution < -0.4 is 0 Å². The van der Waals surface area contributed by atoms with Crippen LogP contribution in [0.25, 0.3) is 6.08 Å². The van der Waals surface area contributed by atoms with Gasteiger partial charge in [0.2, 0.25) is 0 Å². The Balaban J connectivity index is 1.67. The van der Waals surface area contributed by atoms with Crippen molar-refractivity contribution in [1.82, 2.24) is 9.88 Å². The number of thioether (sulfide) groups is 1. The Kier molecular flexibility index (Phi) is 6.69. The van der Waals surface area contributed by atoms with Crippen molar-refractivity contribution in [2.24, 2.45) is 10.2 Å². The van der Waals surface area contributed by atoms with Gasteiger partial charge in [0.25, 0.3) is 5.91 Å². The second-order valence-electron chi connectivity index (χ2n) is 6.32. The molecule has 156 valence electrons. The average Bonchev–Trinajstić information content (AvgIpc) is 3.37. The van der Waals surface area contributed by atoms with E-state index in [0.29, 0.717) is 25.9 Å². The van der Waals surface area contributed by atoms with Gasteiger partial charge in [-0.25, -0.2) is 0 Å². The van der Waals surface area contributed by atoms with Crippen LogP contribution in [0.3, 0.4) is 0 Å². The maximum atomic E-state index is 13.1. The van der Waals surface area contributed by atoms with Crippen LogP contribution in [0.5, 0.6) is 5.75 Å². The minimum Gasteiger partial charge on any atom is -0.506 e. The standard InChI is InChI=1S/C21H14Br2N4O3S/c22-15-7-14(19(28)17(23)9-15)8-18-20(29)27(12-16-4-2-6-30-16)21(31-18)26-25-11-13-3-1-5-24-10-13/h1-11,28H,12H2/b18-8-,25-11-,26-21+. The molecular weight excluding hydrogens is 548 g/mol. The summed E-state index contributed by atoms with van der Waals surface area (Å²) in [6, 6.07) is 10.7. The highest BCUT2D eigenvalue weighted by Crippen LogP contribution is 2.38. The van der Waals surface area contributed by atoms with E-state index in [0.717, 1.165) is 10.0 Å². The maximum absolute atomic E-state index is 13.1. The SMILES string of the molecule is O=C1/C(=C/c2cc(Br)cc(Br)c2O)S/C(=N/N=C\c2cccnc2)N1Cc1ccco1. The molecule has 3 aromatic rings. The molecule has 7 nitrogen and oxygen atoms in total. The molecule has 1 aliphatic rings. The number of nitrogens with zero attached hydrogens (tertiary/aromatic N) is 4. The molecule has 0 spiro atoms. The van der Waals surface area contributed by atoms with Crippen molar-refractivity contribution in [3.8, 4) is 5.75 Å². The van der Waals surface area contributed by atoms with E-state index in [2.05, 4.69) is 47.0 Å². The number of phenolic OH excluding ortho intramolecular Hbond substituents is 1. The first-order chi connectivity index (χ1) is 15.0. The molecule has 0 bridgehead atoms. The Morgan fingerprint density at radius 3 is 2.87 bits per heavy atom. The summed E-state index contributed by atoms with van der Waals surface area (Å²) in [5.41, 5.74) is 1.29. The van der Waals surface area contributed by atoms with E-state index in [1.165, 1.54) is 16.7 Å². The number of carbonyl (C=O) groups excluding carboxylic acids is 1. The summed E-state index contributed by atoms with van der Waals surface area (Å²) < 4.78 is 6.68. The van der Waals surface area contributed by atoms with Crippen LogP contribution in [0.4, 0.5) is 0 Å². The largest absolute Gasteiger partial charge is 0.506 e. The lowest BCUT2D eigenvalue weighted by Gasteiger charge is -2.12. The number of rotatable bonds is 5. The number of amidine groups is 1. The summed E-state index contributed by atoms with van der Waals surface area (Å²) >= 11 is 7.88. The lowest BCUT2D eigenvalue weighted by molar-refractivity contribution is -0.122. The predicted octanol–water partition coefficient (Wildman–Crippen LogP) is 5.41. The van der Waals surface area contributed by atoms with Gasteiger partial charge in [0.15, 0.2) is 5.17 Å². The fourth-order valence-electron chi connectivity index (χ4n) is 2.71. The summed E-state index contributed by atoms with van der Waals surface area (Å²) in [6.07, 6.45) is 8.08. The number of pyridine rings is 1. The average molecular weight is 562 g/mol. The number of halogens is 2. The monoisotopic (exact) mass is 560 g/mol. The minimum absolute atomic E-state index is 0.0432. The van der Waals surface area contributed by atoms with Crippen molar-refractivity contribution in [3.05, 3.63) is 85.8 Å². The van der Waals surface area contributed by atoms with Crippen molar-refractivity contribution in [1.29, 1.82) is 0 Å². The summed E-state index contributed by atoms with van der Waals surface area (Å²) in [4.78, 5) is 19.0. The van der Waals surface area contributed by atoms with E-state index in [1.807, 2.05) is 6.07 Å². The number of carbonyl (C=O) groups is 1. The minimum atomic E-state index is -0.257. The Labute approximate surface area is 198 Å². The van der Waals surface area contributed by atoms with Crippen LogP contribution in [0.2, 0.25) is 0 Å². The van der Waals surface area contributed by atoms with Gasteiger partial charge in [0.1, 0.15) is 11.5 Å². The van der Waals surface area contributed by atoms with Crippen LogP contribution in [0.15, 0.2) is 83.5 Å². The Hall–Kier alpha value is -2.69. The van der Waals surface area contributed by atoms with Crippen LogP contribution in [0.1, 0.15) is 16.9 Å². The van der Waals surface area contributed by atoms with Crippen LogP contribution in [-0.2, 0) is 11.3 Å². The van der Waals surface area contributed by atoms with Gasteiger partial charge in [0.05, 0.1) is 28.4 Å². The lowest BCUT2D eigenvalue weighted by atomic mass is 10.2. The molecule has 4 rings (SSSR count). The first kappa shape index (κ1) is 21.5. The summed E-state index contributed by atoms with van der Waals surface area (Å²) in [5.74, 6) is 0.404. The van der Waals surface area contributed by atoms with Crippen molar-refractivity contribution in [2.75, 3.05) is 0 Å². The highest BCUT2D eigenvalue weighted by Gasteiger charge is 2.34. The molecule has 0 saturated carbocycles. The maximum Gasteiger partial charge on any atom is 0.267 e. The molecule has 1 amide bonds. The van der Waals surface area contributed by atoms with Crippen LogP contribution >= 0.6 is 43.6 Å². The summed E-state index contributed by atoms with van der Waals surface area (Å²) in [6.45, 7) is 0.214. The highest BCUT2D eigenvalue weighted by atomic mass is 79.9. The lowest BCUT2D eigenvalue weighted by Crippen LogP contribution is -2.28. The number of amides is 1.